The van der Waals surface area contributed by atoms with Crippen molar-refractivity contribution < 1.29 is 4.42 Å². The third-order valence-corrected chi connectivity index (χ3v) is 4.42. The van der Waals surface area contributed by atoms with E-state index in [1.807, 2.05) is 66.7 Å². The van der Waals surface area contributed by atoms with Crippen molar-refractivity contribution in [2.24, 2.45) is 4.99 Å². The highest BCUT2D eigenvalue weighted by Crippen LogP contribution is 2.34. The van der Waals surface area contributed by atoms with Gasteiger partial charge in [0.15, 0.2) is 5.58 Å². The van der Waals surface area contributed by atoms with E-state index in [0.29, 0.717) is 5.89 Å². The Bertz CT molecular complexity index is 997. The highest BCUT2D eigenvalue weighted by atomic mass is 16.3. The Morgan fingerprint density at radius 1 is 1.06 bits per heavy atom. The van der Waals surface area contributed by atoms with Crippen LogP contribution in [0, 0.1) is 0 Å². The number of nitrogens with zero attached hydrogens (tertiary/aromatic N) is 2. The Labute approximate surface area is 188 Å². The van der Waals surface area contributed by atoms with Crippen LogP contribution in [-0.4, -0.2) is 10.7 Å². The first kappa shape index (κ1) is 26.1. The van der Waals surface area contributed by atoms with Gasteiger partial charge in [0.2, 0.25) is 5.89 Å². The van der Waals surface area contributed by atoms with Crippen LogP contribution in [0.25, 0.3) is 16.7 Å². The maximum absolute atomic E-state index is 6.00. The molecule has 0 bridgehead atoms. The van der Waals surface area contributed by atoms with E-state index >= 15 is 0 Å². The molecule has 2 aromatic rings. The number of hydrogen-bond donors (Lipinski definition) is 0. The molecule has 0 radical (unpaired) electrons. The Morgan fingerprint density at radius 2 is 1.81 bits per heavy atom. The van der Waals surface area contributed by atoms with E-state index in [1.54, 1.807) is 6.08 Å². The van der Waals surface area contributed by atoms with Gasteiger partial charge < -0.3 is 4.42 Å². The summed E-state index contributed by atoms with van der Waals surface area (Å²) in [5, 5.41) is 0. The maximum atomic E-state index is 6.00. The van der Waals surface area contributed by atoms with Crippen molar-refractivity contribution in [1.82, 2.24) is 4.98 Å². The largest absolute Gasteiger partial charge is 0.436 e. The van der Waals surface area contributed by atoms with Crippen LogP contribution in [0.15, 0.2) is 76.2 Å². The number of aliphatic imine (C=N–C) groups is 1. The lowest BCUT2D eigenvalue weighted by atomic mass is 10.0. The molecule has 3 nitrogen and oxygen atoms in total. The summed E-state index contributed by atoms with van der Waals surface area (Å²) in [5.74, 6) is 0.694. The summed E-state index contributed by atoms with van der Waals surface area (Å²) in [6.45, 7) is 17.8. The normalized spacial score (nSPS) is 14.4. The molecule has 1 aliphatic heterocycles. The number of rotatable bonds is 4. The lowest BCUT2D eigenvalue weighted by Crippen LogP contribution is -2.00. The zero-order valence-corrected chi connectivity index (χ0v) is 20.3. The van der Waals surface area contributed by atoms with Gasteiger partial charge in [-0.2, -0.15) is 0 Å². The van der Waals surface area contributed by atoms with Crippen LogP contribution in [0.3, 0.4) is 0 Å². The highest BCUT2D eigenvalue weighted by Gasteiger charge is 2.20. The quantitative estimate of drug-likeness (QED) is 0.465. The van der Waals surface area contributed by atoms with E-state index in [1.165, 1.54) is 5.56 Å². The molecule has 31 heavy (non-hydrogen) atoms. The lowest BCUT2D eigenvalue weighted by Gasteiger charge is -2.01. The molecule has 3 heteroatoms. The van der Waals surface area contributed by atoms with Gasteiger partial charge >= 0.3 is 0 Å². The summed E-state index contributed by atoms with van der Waals surface area (Å²) < 4.78 is 6.00. The molecule has 0 amide bonds. The smallest absolute Gasteiger partial charge is 0.226 e. The first-order valence-electron chi connectivity index (χ1n) is 11.6. The number of fused-ring (bicyclic) bond motifs is 2. The molecule has 2 aliphatic rings. The molecule has 0 N–H and O–H groups in total. The second-order valence-electron chi connectivity index (χ2n) is 6.20. The topological polar surface area (TPSA) is 38.4 Å². The van der Waals surface area contributed by atoms with Crippen molar-refractivity contribution in [2.75, 3.05) is 0 Å². The van der Waals surface area contributed by atoms with Gasteiger partial charge in [0.25, 0.3) is 0 Å². The molecule has 0 spiro atoms. The van der Waals surface area contributed by atoms with E-state index in [-0.39, 0.29) is 0 Å². The van der Waals surface area contributed by atoms with E-state index < -0.39 is 0 Å². The van der Waals surface area contributed by atoms with Crippen molar-refractivity contribution in [3.8, 4) is 0 Å². The fraction of sp³-hybridized carbons (Fsp3) is 0.357. The first-order chi connectivity index (χ1) is 15.3. The molecule has 1 aliphatic carbocycles. The van der Waals surface area contributed by atoms with Crippen LogP contribution in [0.4, 0.5) is 5.69 Å². The van der Waals surface area contributed by atoms with Crippen LogP contribution in [0.2, 0.25) is 0 Å². The first-order valence-corrected chi connectivity index (χ1v) is 11.6. The molecule has 0 fully saturated rings. The molecule has 2 heterocycles. The molecule has 0 saturated carbocycles. The van der Waals surface area contributed by atoms with E-state index in [4.69, 9.17) is 9.41 Å². The van der Waals surface area contributed by atoms with Gasteiger partial charge in [0.05, 0.1) is 11.4 Å². The summed E-state index contributed by atoms with van der Waals surface area (Å²) in [6.07, 6.45) is 17.2. The van der Waals surface area contributed by atoms with Crippen molar-refractivity contribution in [2.45, 2.75) is 67.7 Å². The average Bonchev–Trinajstić information content (AvgIpc) is 3.45. The summed E-state index contributed by atoms with van der Waals surface area (Å²) >= 11 is 0. The van der Waals surface area contributed by atoms with Gasteiger partial charge in [0.1, 0.15) is 5.52 Å². The minimum atomic E-state index is 0.694. The van der Waals surface area contributed by atoms with Crippen molar-refractivity contribution in [3.63, 3.8) is 0 Å². The Morgan fingerprint density at radius 3 is 2.42 bits per heavy atom. The predicted octanol–water partition coefficient (Wildman–Crippen LogP) is 8.96. The molecule has 1 aromatic heterocycles. The Kier molecular flexibility index (Phi) is 11.9. The van der Waals surface area contributed by atoms with Crippen molar-refractivity contribution >= 4 is 28.1 Å². The predicted molar refractivity (Wildman–Crippen MR) is 138 cm³/mol. The minimum absolute atomic E-state index is 0.694. The van der Waals surface area contributed by atoms with Gasteiger partial charge in [-0.3, -0.25) is 4.99 Å². The van der Waals surface area contributed by atoms with Crippen molar-refractivity contribution in [3.05, 3.63) is 78.3 Å². The summed E-state index contributed by atoms with van der Waals surface area (Å²) in [4.78, 5) is 9.46. The molecule has 0 unspecified atom stereocenters. The SMILES string of the molecule is C=C/C=C(\C=C/C)C1=Nc2cc3nc(C4=CCCC=C4)oc3cc2C1.CC.CC.CC. The molecule has 166 valence electrons. The highest BCUT2D eigenvalue weighted by molar-refractivity contribution is 6.09. The van der Waals surface area contributed by atoms with Gasteiger partial charge in [-0.05, 0) is 43.0 Å². The second kappa shape index (κ2) is 14.1. The third-order valence-electron chi connectivity index (χ3n) is 4.42. The fourth-order valence-corrected chi connectivity index (χ4v) is 3.23. The number of benzene rings is 1. The zero-order chi connectivity index (χ0) is 23.2. The van der Waals surface area contributed by atoms with E-state index in [9.17, 15) is 0 Å². The number of aromatic nitrogens is 1. The molecular formula is C28H38N2O. The van der Waals surface area contributed by atoms with Crippen LogP contribution < -0.4 is 0 Å². The van der Waals surface area contributed by atoms with Crippen LogP contribution in [0.1, 0.15) is 72.8 Å². The standard InChI is InChI=1S/C22H20N2O.3C2H6/c1-3-8-15(9-4-2)18-12-17-13-21-20(14-19(17)23-18)24-22(25-21)16-10-6-5-7-11-16;3*1-2/h3-4,6,8-11,13-14H,1,5,7,12H2,2H3;3*1-2H3/b9-4-,15-8+;;;. The van der Waals surface area contributed by atoms with E-state index in [0.717, 1.165) is 52.9 Å². The van der Waals surface area contributed by atoms with Gasteiger partial charge in [0, 0.05) is 12.0 Å². The number of allylic oxidation sites excluding steroid dienone is 9. The number of oxazole rings is 1. The van der Waals surface area contributed by atoms with Crippen LogP contribution in [-0.2, 0) is 6.42 Å². The van der Waals surface area contributed by atoms with Gasteiger partial charge in [-0.25, -0.2) is 4.98 Å². The average molecular weight is 419 g/mol. The zero-order valence-electron chi connectivity index (χ0n) is 20.3. The van der Waals surface area contributed by atoms with Gasteiger partial charge in [-0.1, -0.05) is 90.7 Å². The van der Waals surface area contributed by atoms with Crippen molar-refractivity contribution in [1.29, 1.82) is 0 Å². The molecular weight excluding hydrogens is 380 g/mol. The fourth-order valence-electron chi connectivity index (χ4n) is 3.23. The van der Waals surface area contributed by atoms with E-state index in [2.05, 4.69) is 41.9 Å². The second-order valence-corrected chi connectivity index (χ2v) is 6.20. The van der Waals surface area contributed by atoms with Gasteiger partial charge in [-0.15, -0.1) is 0 Å². The third kappa shape index (κ3) is 6.52. The molecule has 1 aromatic carbocycles. The summed E-state index contributed by atoms with van der Waals surface area (Å²) in [6, 6.07) is 4.10. The minimum Gasteiger partial charge on any atom is -0.436 e. The monoisotopic (exact) mass is 418 g/mol. The summed E-state index contributed by atoms with van der Waals surface area (Å²) in [5.41, 5.74) is 7.06. The van der Waals surface area contributed by atoms with Crippen LogP contribution >= 0.6 is 0 Å². The number of hydrogen-bond acceptors (Lipinski definition) is 3. The molecule has 0 saturated heterocycles. The molecule has 4 rings (SSSR count). The lowest BCUT2D eigenvalue weighted by molar-refractivity contribution is 0.585. The maximum Gasteiger partial charge on any atom is 0.226 e. The Balaban J connectivity index is 0.000000739. The molecule has 0 atom stereocenters. The summed E-state index contributed by atoms with van der Waals surface area (Å²) in [7, 11) is 0. The van der Waals surface area contributed by atoms with Crippen LogP contribution in [0.5, 0.6) is 0 Å². The Hall–Kier alpha value is -2.94.